The molecular formula is C22H33IN6O2S. The highest BCUT2D eigenvalue weighted by Gasteiger charge is 2.27. The molecule has 1 amide bonds. The summed E-state index contributed by atoms with van der Waals surface area (Å²) in [5.74, 6) is 3.09. The number of carbonyl (C=O) groups excluding carboxylic acids is 1. The fourth-order valence-electron chi connectivity index (χ4n) is 3.37. The molecule has 10 heteroatoms. The third kappa shape index (κ3) is 7.03. The van der Waals surface area contributed by atoms with E-state index in [0.717, 1.165) is 41.1 Å². The molecule has 0 bridgehead atoms. The number of hydrogen-bond donors (Lipinski definition) is 1. The second-order valence-electron chi connectivity index (χ2n) is 7.60. The fraction of sp³-hybridized carbons (Fsp3) is 0.500. The predicted molar refractivity (Wildman–Crippen MR) is 141 cm³/mol. The lowest BCUT2D eigenvalue weighted by atomic mass is 10.2. The molecule has 0 radical (unpaired) electrons. The van der Waals surface area contributed by atoms with Gasteiger partial charge in [-0.15, -0.1) is 35.7 Å². The number of nitrogens with zero attached hydrogens (tertiary/aromatic N) is 5. The van der Waals surface area contributed by atoms with E-state index in [9.17, 15) is 4.79 Å². The molecule has 1 saturated heterocycles. The van der Waals surface area contributed by atoms with Crippen molar-refractivity contribution in [3.63, 3.8) is 0 Å². The van der Waals surface area contributed by atoms with Gasteiger partial charge in [-0.05, 0) is 25.0 Å². The van der Waals surface area contributed by atoms with Crippen LogP contribution in [0.5, 0.6) is 5.75 Å². The van der Waals surface area contributed by atoms with Gasteiger partial charge in [0.15, 0.2) is 5.96 Å². The molecule has 1 N–H and O–H groups in total. The minimum Gasteiger partial charge on any atom is -0.496 e. The summed E-state index contributed by atoms with van der Waals surface area (Å²) in [7, 11) is 3.55. The number of methoxy groups -OCH3 is 1. The average molecular weight is 573 g/mol. The van der Waals surface area contributed by atoms with Crippen LogP contribution >= 0.6 is 35.7 Å². The van der Waals surface area contributed by atoms with Gasteiger partial charge in [0.2, 0.25) is 5.91 Å². The molecule has 0 saturated carbocycles. The maximum absolute atomic E-state index is 12.7. The molecule has 32 heavy (non-hydrogen) atoms. The van der Waals surface area contributed by atoms with Crippen LogP contribution in [0, 0.1) is 5.92 Å². The van der Waals surface area contributed by atoms with Crippen LogP contribution in [0.1, 0.15) is 13.8 Å². The Morgan fingerprint density at radius 1 is 1.34 bits per heavy atom. The zero-order chi connectivity index (χ0) is 22.2. The van der Waals surface area contributed by atoms with Gasteiger partial charge in [-0.2, -0.15) is 5.10 Å². The number of guanidine groups is 1. The van der Waals surface area contributed by atoms with Crippen molar-refractivity contribution in [2.75, 3.05) is 50.5 Å². The number of anilines is 1. The number of aliphatic imine (C=N–C) groups is 1. The number of ether oxygens (including phenoxy) is 1. The molecule has 1 aromatic carbocycles. The Kier molecular flexibility index (Phi) is 10.6. The van der Waals surface area contributed by atoms with Gasteiger partial charge in [0.05, 0.1) is 19.0 Å². The predicted octanol–water partition coefficient (Wildman–Crippen LogP) is 3.09. The van der Waals surface area contributed by atoms with Gasteiger partial charge >= 0.3 is 0 Å². The van der Waals surface area contributed by atoms with E-state index in [1.165, 1.54) is 0 Å². The van der Waals surface area contributed by atoms with Crippen LogP contribution in [0.3, 0.4) is 0 Å². The number of aromatic nitrogens is 2. The lowest BCUT2D eigenvalue weighted by molar-refractivity contribution is -0.120. The first kappa shape index (κ1) is 26.3. The molecule has 1 atom stereocenters. The molecular weight excluding hydrogens is 539 g/mol. The number of thioether (sulfide) groups is 1. The minimum atomic E-state index is 0. The van der Waals surface area contributed by atoms with E-state index in [1.54, 1.807) is 34.7 Å². The number of amides is 1. The molecule has 2 heterocycles. The quantitative estimate of drug-likeness (QED) is 0.227. The molecule has 1 unspecified atom stereocenters. The summed E-state index contributed by atoms with van der Waals surface area (Å²) < 4.78 is 7.15. The second kappa shape index (κ2) is 12.9. The van der Waals surface area contributed by atoms with Crippen LogP contribution in [0.4, 0.5) is 5.69 Å². The maximum atomic E-state index is 12.7. The number of rotatable bonds is 8. The van der Waals surface area contributed by atoms with Crippen LogP contribution in [0.2, 0.25) is 0 Å². The number of benzene rings is 1. The van der Waals surface area contributed by atoms with Crippen LogP contribution in [0.25, 0.3) is 0 Å². The topological polar surface area (TPSA) is 75.0 Å². The maximum Gasteiger partial charge on any atom is 0.246 e. The molecule has 1 aliphatic rings. The summed E-state index contributed by atoms with van der Waals surface area (Å²) in [5.41, 5.74) is 0.844. The summed E-state index contributed by atoms with van der Waals surface area (Å²) in [6.45, 7) is 7.36. The monoisotopic (exact) mass is 572 g/mol. The van der Waals surface area contributed by atoms with Gasteiger partial charge in [-0.25, -0.2) is 0 Å². The number of aryl methyl sites for hydroxylation is 1. The van der Waals surface area contributed by atoms with Gasteiger partial charge in [0, 0.05) is 50.1 Å². The number of nitrogens with one attached hydrogen (secondary N) is 1. The highest BCUT2D eigenvalue weighted by molar-refractivity contribution is 14.0. The first-order valence-electron chi connectivity index (χ1n) is 10.6. The standard InChI is InChI=1S/C22H32N6O2S.HI/c1-5-23-22(24-12-17(2)16-31-20-9-7-6-8-19(20)30-4)27-10-11-28(21(29)15-27)18-13-25-26(3)14-18;/h6-9,13-14,17H,5,10-12,15-16H2,1-4H3,(H,23,24);1H. The molecule has 1 aromatic heterocycles. The number of para-hydroxylation sites is 1. The zero-order valence-corrected chi connectivity index (χ0v) is 22.3. The van der Waals surface area contributed by atoms with E-state index in [1.807, 2.05) is 43.3 Å². The van der Waals surface area contributed by atoms with Gasteiger partial charge in [0.25, 0.3) is 0 Å². The highest BCUT2D eigenvalue weighted by Crippen LogP contribution is 2.30. The zero-order valence-electron chi connectivity index (χ0n) is 19.2. The Morgan fingerprint density at radius 2 is 2.12 bits per heavy atom. The smallest absolute Gasteiger partial charge is 0.246 e. The lowest BCUT2D eigenvalue weighted by Gasteiger charge is -2.35. The molecule has 1 aliphatic heterocycles. The van der Waals surface area contributed by atoms with E-state index in [2.05, 4.69) is 23.4 Å². The van der Waals surface area contributed by atoms with Crippen molar-refractivity contribution in [2.24, 2.45) is 18.0 Å². The summed E-state index contributed by atoms with van der Waals surface area (Å²) >= 11 is 1.78. The fourth-order valence-corrected chi connectivity index (χ4v) is 4.40. The van der Waals surface area contributed by atoms with Crippen molar-refractivity contribution in [3.8, 4) is 5.75 Å². The Morgan fingerprint density at radius 3 is 2.78 bits per heavy atom. The van der Waals surface area contributed by atoms with Gasteiger partial charge in [-0.1, -0.05) is 19.1 Å². The number of hydrogen-bond acceptors (Lipinski definition) is 5. The average Bonchev–Trinajstić information content (AvgIpc) is 3.21. The van der Waals surface area contributed by atoms with Crippen LogP contribution in [0.15, 0.2) is 46.5 Å². The Hall–Kier alpha value is -1.95. The normalized spacial score (nSPS) is 15.4. The number of piperazine rings is 1. The third-order valence-electron chi connectivity index (χ3n) is 5.00. The highest BCUT2D eigenvalue weighted by atomic mass is 127. The lowest BCUT2D eigenvalue weighted by Crippen LogP contribution is -2.55. The van der Waals surface area contributed by atoms with Gasteiger partial charge in [-0.3, -0.25) is 14.5 Å². The van der Waals surface area contributed by atoms with Crippen LogP contribution in [-0.2, 0) is 11.8 Å². The van der Waals surface area contributed by atoms with Crippen molar-refractivity contribution in [1.29, 1.82) is 0 Å². The summed E-state index contributed by atoms with van der Waals surface area (Å²) in [6.07, 6.45) is 3.60. The van der Waals surface area contributed by atoms with E-state index < -0.39 is 0 Å². The van der Waals surface area contributed by atoms with E-state index in [4.69, 9.17) is 9.73 Å². The molecule has 0 aliphatic carbocycles. The van der Waals surface area contributed by atoms with Gasteiger partial charge in [0.1, 0.15) is 12.3 Å². The molecule has 1 fully saturated rings. The first-order chi connectivity index (χ1) is 15.0. The third-order valence-corrected chi connectivity index (χ3v) is 6.39. The van der Waals surface area contributed by atoms with E-state index in [0.29, 0.717) is 25.6 Å². The SMILES string of the molecule is CCNC(=NCC(C)CSc1ccccc1OC)N1CCN(c2cnn(C)c2)C(=O)C1.I. The Balaban J connectivity index is 0.00000363. The molecule has 0 spiro atoms. The van der Waals surface area contributed by atoms with E-state index in [-0.39, 0.29) is 29.9 Å². The summed E-state index contributed by atoms with van der Waals surface area (Å²) in [5, 5.41) is 7.51. The van der Waals surface area contributed by atoms with Crippen LogP contribution in [-0.4, -0.2) is 72.1 Å². The minimum absolute atomic E-state index is 0. The largest absolute Gasteiger partial charge is 0.496 e. The molecule has 2 aromatic rings. The van der Waals surface area contributed by atoms with Gasteiger partial charge < -0.3 is 19.9 Å². The van der Waals surface area contributed by atoms with Crippen molar-refractivity contribution in [2.45, 2.75) is 18.7 Å². The first-order valence-corrected chi connectivity index (χ1v) is 11.6. The van der Waals surface area contributed by atoms with E-state index >= 15 is 0 Å². The van der Waals surface area contributed by atoms with Crippen molar-refractivity contribution < 1.29 is 9.53 Å². The van der Waals surface area contributed by atoms with Crippen molar-refractivity contribution in [1.82, 2.24) is 20.0 Å². The van der Waals surface area contributed by atoms with Crippen LogP contribution < -0.4 is 15.0 Å². The summed E-state index contributed by atoms with van der Waals surface area (Å²) in [4.78, 5) is 22.5. The number of carbonyl (C=O) groups is 1. The molecule has 176 valence electrons. The molecule has 8 nitrogen and oxygen atoms in total. The Bertz CT molecular complexity index is 906. The number of halogens is 1. The Labute approximate surface area is 211 Å². The second-order valence-corrected chi connectivity index (χ2v) is 8.66. The van der Waals surface area contributed by atoms with Crippen molar-refractivity contribution >= 4 is 53.3 Å². The summed E-state index contributed by atoms with van der Waals surface area (Å²) in [6, 6.07) is 8.07. The molecule has 3 rings (SSSR count). The van der Waals surface area contributed by atoms with Crippen molar-refractivity contribution in [3.05, 3.63) is 36.7 Å².